The van der Waals surface area contributed by atoms with Crippen LogP contribution in [0.1, 0.15) is 18.4 Å². The summed E-state index contributed by atoms with van der Waals surface area (Å²) in [5, 5.41) is 0. The lowest BCUT2D eigenvalue weighted by atomic mass is 9.94. The van der Waals surface area contributed by atoms with Crippen LogP contribution in [-0.4, -0.2) is 47.3 Å². The highest BCUT2D eigenvalue weighted by atomic mass is 32.2. The largest absolute Gasteiger partial charge is 0.369 e. The molecule has 1 aromatic carbocycles. The molecule has 0 bridgehead atoms. The van der Waals surface area contributed by atoms with Gasteiger partial charge in [0.25, 0.3) is 0 Å². The minimum Gasteiger partial charge on any atom is -0.369 e. The number of piperidine rings is 1. The molecule has 1 saturated heterocycles. The first-order valence-corrected chi connectivity index (χ1v) is 10.6. The molecule has 9 nitrogen and oxygen atoms in total. The fourth-order valence-corrected chi connectivity index (χ4v) is 5.13. The fraction of sp³-hybridized carbons (Fsp3) is 0.316. The molecule has 2 unspecified atom stereocenters. The Balaban J connectivity index is 2.00. The third-order valence-electron chi connectivity index (χ3n) is 5.00. The second-order valence-electron chi connectivity index (χ2n) is 6.86. The molecular formula is C19H23N5O4S. The molecule has 1 fully saturated rings. The third-order valence-corrected chi connectivity index (χ3v) is 6.91. The van der Waals surface area contributed by atoms with Crippen molar-refractivity contribution in [3.63, 3.8) is 0 Å². The van der Waals surface area contributed by atoms with Gasteiger partial charge in [0.1, 0.15) is 6.17 Å². The van der Waals surface area contributed by atoms with Crippen molar-refractivity contribution in [2.24, 2.45) is 17.4 Å². The van der Waals surface area contributed by atoms with Gasteiger partial charge in [0, 0.05) is 24.9 Å². The summed E-state index contributed by atoms with van der Waals surface area (Å²) in [6, 6.07) is 10.6. The Morgan fingerprint density at radius 3 is 2.45 bits per heavy atom. The van der Waals surface area contributed by atoms with Gasteiger partial charge < -0.3 is 16.4 Å². The molecule has 2 aromatic rings. The fourth-order valence-electron chi connectivity index (χ4n) is 3.49. The van der Waals surface area contributed by atoms with Gasteiger partial charge >= 0.3 is 6.03 Å². The van der Waals surface area contributed by atoms with Gasteiger partial charge in [0.05, 0.1) is 11.4 Å². The number of hydrogen-bond donors (Lipinski definition) is 2. The van der Waals surface area contributed by atoms with Crippen LogP contribution in [0.15, 0.2) is 59.8 Å². The van der Waals surface area contributed by atoms with Gasteiger partial charge in [-0.2, -0.15) is 4.31 Å². The van der Waals surface area contributed by atoms with E-state index in [4.69, 9.17) is 11.5 Å². The number of rotatable bonds is 6. The van der Waals surface area contributed by atoms with E-state index >= 15 is 0 Å². The van der Waals surface area contributed by atoms with Crippen molar-refractivity contribution < 1.29 is 18.0 Å². The van der Waals surface area contributed by atoms with Crippen LogP contribution in [0.4, 0.5) is 4.79 Å². The summed E-state index contributed by atoms with van der Waals surface area (Å²) in [5.74, 6) is -1.09. The third kappa shape index (κ3) is 4.54. The van der Waals surface area contributed by atoms with Crippen molar-refractivity contribution in [2.75, 3.05) is 6.54 Å². The number of sulfonamides is 1. The number of carbonyl (C=O) groups excluding carboxylic acids is 2. The minimum absolute atomic E-state index is 0.0479. The van der Waals surface area contributed by atoms with Crippen LogP contribution in [-0.2, 0) is 21.4 Å². The minimum atomic E-state index is -3.92. The molecule has 0 saturated carbocycles. The van der Waals surface area contributed by atoms with E-state index in [1.54, 1.807) is 42.7 Å². The number of benzene rings is 1. The summed E-state index contributed by atoms with van der Waals surface area (Å²) in [6.45, 7) is 0.104. The number of hydrogen-bond acceptors (Lipinski definition) is 5. The van der Waals surface area contributed by atoms with Crippen molar-refractivity contribution in [2.45, 2.75) is 30.4 Å². The highest BCUT2D eigenvalue weighted by Gasteiger charge is 2.42. The molecule has 10 heteroatoms. The normalized spacial score (nSPS) is 20.1. The molecule has 0 radical (unpaired) electrons. The van der Waals surface area contributed by atoms with E-state index in [1.165, 1.54) is 21.3 Å². The summed E-state index contributed by atoms with van der Waals surface area (Å²) in [4.78, 5) is 29.4. The van der Waals surface area contributed by atoms with E-state index in [1.807, 2.05) is 0 Å². The summed E-state index contributed by atoms with van der Waals surface area (Å²) >= 11 is 0. The van der Waals surface area contributed by atoms with Crippen LogP contribution in [0, 0.1) is 5.92 Å². The number of urea groups is 1. The van der Waals surface area contributed by atoms with Gasteiger partial charge in [-0.25, -0.2) is 13.2 Å². The summed E-state index contributed by atoms with van der Waals surface area (Å²) in [6.07, 6.45) is 2.57. The second kappa shape index (κ2) is 8.58. The molecule has 0 aliphatic carbocycles. The molecule has 2 atom stereocenters. The molecule has 3 rings (SSSR count). The summed E-state index contributed by atoms with van der Waals surface area (Å²) < 4.78 is 27.8. The molecule has 154 valence electrons. The molecule has 4 N–H and O–H groups in total. The van der Waals surface area contributed by atoms with E-state index in [0.717, 1.165) is 0 Å². The smallest absolute Gasteiger partial charge is 0.316 e. The van der Waals surface area contributed by atoms with Crippen molar-refractivity contribution in [3.05, 3.63) is 60.4 Å². The molecule has 1 aliphatic heterocycles. The monoisotopic (exact) mass is 417 g/mol. The lowest BCUT2D eigenvalue weighted by molar-refractivity contribution is -0.124. The van der Waals surface area contributed by atoms with Crippen molar-refractivity contribution in [3.8, 4) is 0 Å². The van der Waals surface area contributed by atoms with Crippen LogP contribution in [0.5, 0.6) is 0 Å². The number of carbonyl (C=O) groups is 2. The Kier molecular flexibility index (Phi) is 6.14. The van der Waals surface area contributed by atoms with Gasteiger partial charge in [0.15, 0.2) is 0 Å². The van der Waals surface area contributed by atoms with Crippen molar-refractivity contribution in [1.29, 1.82) is 0 Å². The molecule has 3 amide bonds. The first kappa shape index (κ1) is 20.7. The van der Waals surface area contributed by atoms with Crippen LogP contribution < -0.4 is 11.5 Å². The summed E-state index contributed by atoms with van der Waals surface area (Å²) in [5.41, 5.74) is 11.8. The lowest BCUT2D eigenvalue weighted by Crippen LogP contribution is -2.58. The highest BCUT2D eigenvalue weighted by Crippen LogP contribution is 2.31. The number of primary amides is 2. The van der Waals surface area contributed by atoms with Crippen LogP contribution in [0.2, 0.25) is 0 Å². The predicted molar refractivity (Wildman–Crippen MR) is 105 cm³/mol. The Hall–Kier alpha value is -2.98. The average molecular weight is 417 g/mol. The van der Waals surface area contributed by atoms with Gasteiger partial charge in [-0.1, -0.05) is 24.3 Å². The van der Waals surface area contributed by atoms with Crippen LogP contribution >= 0.6 is 0 Å². The van der Waals surface area contributed by atoms with Crippen molar-refractivity contribution >= 4 is 22.0 Å². The maximum absolute atomic E-state index is 13.3. The highest BCUT2D eigenvalue weighted by molar-refractivity contribution is 7.89. The van der Waals surface area contributed by atoms with Gasteiger partial charge in [-0.15, -0.1) is 0 Å². The molecule has 0 spiro atoms. The standard InChI is InChI=1S/C19H23N5O4S/c20-18(25)15-8-10-24(29(27,28)16-6-2-1-3-7-16)17(11-15)23(19(21)26)13-14-5-4-9-22-12-14/h1-7,9,12,15,17H,8,10-11,13H2,(H2,20,25)(H2,21,26). The Bertz CT molecular complexity index is 969. The van der Waals surface area contributed by atoms with E-state index in [9.17, 15) is 18.0 Å². The van der Waals surface area contributed by atoms with E-state index in [-0.39, 0.29) is 30.8 Å². The Morgan fingerprint density at radius 2 is 1.86 bits per heavy atom. The molecular weight excluding hydrogens is 394 g/mol. The van der Waals surface area contributed by atoms with E-state index in [2.05, 4.69) is 4.98 Å². The molecule has 1 aliphatic rings. The first-order valence-electron chi connectivity index (χ1n) is 9.12. The quantitative estimate of drug-likeness (QED) is 0.718. The number of amides is 3. The van der Waals surface area contributed by atoms with E-state index in [0.29, 0.717) is 5.56 Å². The SMILES string of the molecule is NC(=O)C1CCN(S(=O)(=O)c2ccccc2)C(N(Cc2cccnc2)C(N)=O)C1. The molecule has 2 heterocycles. The predicted octanol–water partition coefficient (Wildman–Crippen LogP) is 0.875. The average Bonchev–Trinajstić information content (AvgIpc) is 2.72. The number of nitrogens with zero attached hydrogens (tertiary/aromatic N) is 3. The Morgan fingerprint density at radius 1 is 1.14 bits per heavy atom. The summed E-state index contributed by atoms with van der Waals surface area (Å²) in [7, 11) is -3.92. The number of pyridine rings is 1. The van der Waals surface area contributed by atoms with E-state index < -0.39 is 34.0 Å². The second-order valence-corrected chi connectivity index (χ2v) is 8.75. The van der Waals surface area contributed by atoms with Gasteiger partial charge in [-0.05, 0) is 36.6 Å². The van der Waals surface area contributed by atoms with Gasteiger partial charge in [0.2, 0.25) is 15.9 Å². The maximum Gasteiger partial charge on any atom is 0.316 e. The zero-order valence-corrected chi connectivity index (χ0v) is 16.5. The maximum atomic E-state index is 13.3. The van der Waals surface area contributed by atoms with Gasteiger partial charge in [-0.3, -0.25) is 9.78 Å². The lowest BCUT2D eigenvalue weighted by Gasteiger charge is -2.42. The molecule has 29 heavy (non-hydrogen) atoms. The zero-order valence-electron chi connectivity index (χ0n) is 15.7. The molecule has 1 aromatic heterocycles. The topological polar surface area (TPSA) is 140 Å². The number of nitrogens with two attached hydrogens (primary N) is 2. The van der Waals surface area contributed by atoms with Crippen LogP contribution in [0.25, 0.3) is 0 Å². The number of aromatic nitrogens is 1. The van der Waals surface area contributed by atoms with Crippen molar-refractivity contribution in [1.82, 2.24) is 14.2 Å². The zero-order chi connectivity index (χ0) is 21.0. The Labute approximate surface area is 169 Å². The van der Waals surface area contributed by atoms with Crippen LogP contribution in [0.3, 0.4) is 0 Å². The first-order chi connectivity index (χ1) is 13.8.